The fraction of sp³-hybridized carbons (Fsp3) is 0.200. The quantitative estimate of drug-likeness (QED) is 0.445. The first-order valence-electron chi connectivity index (χ1n) is 7.78. The van der Waals surface area contributed by atoms with Crippen LogP contribution in [0.25, 0.3) is 0 Å². The van der Waals surface area contributed by atoms with Crippen LogP contribution in [0, 0.1) is 0 Å². The van der Waals surface area contributed by atoms with Crippen LogP contribution < -0.4 is 0 Å². The highest BCUT2D eigenvalue weighted by atomic mass is 16.7. The fourth-order valence-corrected chi connectivity index (χ4v) is 2.33. The SMILES string of the molecule is C=CC[C@@H](N=C(c1ccccc1)c1ccccc1)C(=O)N(C)OC. The molecule has 0 spiro atoms. The van der Waals surface area contributed by atoms with Crippen molar-refractivity contribution in [3.8, 4) is 0 Å². The molecule has 0 bridgehead atoms. The molecular weight excluding hydrogens is 300 g/mol. The van der Waals surface area contributed by atoms with E-state index < -0.39 is 6.04 Å². The highest BCUT2D eigenvalue weighted by Gasteiger charge is 2.22. The van der Waals surface area contributed by atoms with Crippen LogP contribution in [-0.4, -0.2) is 36.9 Å². The first-order chi connectivity index (χ1) is 11.7. The van der Waals surface area contributed by atoms with Gasteiger partial charge in [-0.25, -0.2) is 5.06 Å². The van der Waals surface area contributed by atoms with Gasteiger partial charge in [-0.2, -0.15) is 0 Å². The van der Waals surface area contributed by atoms with Crippen molar-refractivity contribution in [2.45, 2.75) is 12.5 Å². The number of hydroxylamine groups is 2. The van der Waals surface area contributed by atoms with E-state index in [9.17, 15) is 4.79 Å². The smallest absolute Gasteiger partial charge is 0.270 e. The van der Waals surface area contributed by atoms with E-state index in [1.807, 2.05) is 60.7 Å². The Balaban J connectivity index is 2.49. The second-order valence-corrected chi connectivity index (χ2v) is 5.27. The first kappa shape index (κ1) is 17.6. The van der Waals surface area contributed by atoms with Crippen LogP contribution in [0.1, 0.15) is 17.5 Å². The summed E-state index contributed by atoms with van der Waals surface area (Å²) in [6.45, 7) is 3.74. The predicted molar refractivity (Wildman–Crippen MR) is 96.9 cm³/mol. The van der Waals surface area contributed by atoms with E-state index in [1.54, 1.807) is 13.1 Å². The Kier molecular flexibility index (Phi) is 6.46. The maximum Gasteiger partial charge on any atom is 0.270 e. The average molecular weight is 322 g/mol. The summed E-state index contributed by atoms with van der Waals surface area (Å²) in [6.07, 6.45) is 2.14. The number of benzene rings is 2. The second kappa shape index (κ2) is 8.79. The maximum absolute atomic E-state index is 12.5. The molecule has 0 fully saturated rings. The van der Waals surface area contributed by atoms with Crippen molar-refractivity contribution in [1.29, 1.82) is 0 Å². The lowest BCUT2D eigenvalue weighted by atomic mass is 10.0. The third-order valence-electron chi connectivity index (χ3n) is 3.64. The molecule has 2 rings (SSSR count). The van der Waals surface area contributed by atoms with Gasteiger partial charge in [0.05, 0.1) is 12.8 Å². The molecule has 0 heterocycles. The summed E-state index contributed by atoms with van der Waals surface area (Å²) in [5.74, 6) is -0.207. The van der Waals surface area contributed by atoms with Gasteiger partial charge in [0, 0.05) is 18.2 Å². The molecule has 124 valence electrons. The number of nitrogens with zero attached hydrogens (tertiary/aromatic N) is 2. The number of hydrogen-bond acceptors (Lipinski definition) is 3. The van der Waals surface area contributed by atoms with Gasteiger partial charge in [0.25, 0.3) is 5.91 Å². The van der Waals surface area contributed by atoms with Gasteiger partial charge in [0.2, 0.25) is 0 Å². The number of carbonyl (C=O) groups is 1. The summed E-state index contributed by atoms with van der Waals surface area (Å²) in [5, 5.41) is 1.20. The van der Waals surface area contributed by atoms with Gasteiger partial charge in [-0.05, 0) is 6.42 Å². The van der Waals surface area contributed by atoms with Crippen LogP contribution in [0.3, 0.4) is 0 Å². The molecule has 0 saturated heterocycles. The highest BCUT2D eigenvalue weighted by molar-refractivity contribution is 6.13. The zero-order chi connectivity index (χ0) is 17.4. The molecule has 0 aliphatic heterocycles. The molecular formula is C20H22N2O2. The summed E-state index contributed by atoms with van der Waals surface area (Å²) >= 11 is 0. The Labute approximate surface area is 143 Å². The molecule has 0 radical (unpaired) electrons. The number of amides is 1. The summed E-state index contributed by atoms with van der Waals surface area (Å²) in [4.78, 5) is 22.3. The average Bonchev–Trinajstić information content (AvgIpc) is 2.65. The molecule has 24 heavy (non-hydrogen) atoms. The van der Waals surface area contributed by atoms with Gasteiger partial charge in [-0.15, -0.1) is 6.58 Å². The van der Waals surface area contributed by atoms with Gasteiger partial charge in [-0.1, -0.05) is 66.7 Å². The third kappa shape index (κ3) is 4.40. The van der Waals surface area contributed by atoms with Gasteiger partial charge in [-0.3, -0.25) is 14.6 Å². The molecule has 2 aromatic rings. The Morgan fingerprint density at radius 3 is 2.04 bits per heavy atom. The summed E-state index contributed by atoms with van der Waals surface area (Å²) < 4.78 is 0. The van der Waals surface area contributed by atoms with Crippen molar-refractivity contribution >= 4 is 11.6 Å². The van der Waals surface area contributed by atoms with Crippen molar-refractivity contribution < 1.29 is 9.63 Å². The van der Waals surface area contributed by atoms with E-state index in [2.05, 4.69) is 6.58 Å². The second-order valence-electron chi connectivity index (χ2n) is 5.27. The fourth-order valence-electron chi connectivity index (χ4n) is 2.33. The minimum atomic E-state index is -0.581. The van der Waals surface area contributed by atoms with Crippen LogP contribution in [0.2, 0.25) is 0 Å². The van der Waals surface area contributed by atoms with Gasteiger partial charge in [0.15, 0.2) is 0 Å². The summed E-state index contributed by atoms with van der Waals surface area (Å²) in [6, 6.07) is 19.1. The lowest BCUT2D eigenvalue weighted by Crippen LogP contribution is -2.35. The Morgan fingerprint density at radius 1 is 1.12 bits per heavy atom. The minimum absolute atomic E-state index is 0.207. The monoisotopic (exact) mass is 322 g/mol. The Bertz CT molecular complexity index is 655. The molecule has 1 amide bonds. The van der Waals surface area contributed by atoms with Crippen molar-refractivity contribution in [2.24, 2.45) is 4.99 Å². The molecule has 4 nitrogen and oxygen atoms in total. The van der Waals surface area contributed by atoms with Crippen LogP contribution in [0.5, 0.6) is 0 Å². The number of rotatable bonds is 7. The van der Waals surface area contributed by atoms with Crippen molar-refractivity contribution in [3.63, 3.8) is 0 Å². The maximum atomic E-state index is 12.5. The predicted octanol–water partition coefficient (Wildman–Crippen LogP) is 3.49. The molecule has 4 heteroatoms. The Morgan fingerprint density at radius 2 is 1.62 bits per heavy atom. The third-order valence-corrected chi connectivity index (χ3v) is 3.64. The molecule has 0 aliphatic carbocycles. The number of hydrogen-bond donors (Lipinski definition) is 0. The molecule has 0 aliphatic rings. The summed E-state index contributed by atoms with van der Waals surface area (Å²) in [5.41, 5.74) is 2.71. The Hall–Kier alpha value is -2.72. The van der Waals surface area contributed by atoms with Crippen molar-refractivity contribution in [3.05, 3.63) is 84.4 Å². The van der Waals surface area contributed by atoms with Crippen molar-refractivity contribution in [1.82, 2.24) is 5.06 Å². The van der Waals surface area contributed by atoms with E-state index in [0.29, 0.717) is 6.42 Å². The lowest BCUT2D eigenvalue weighted by Gasteiger charge is -2.19. The molecule has 0 unspecified atom stereocenters. The van der Waals surface area contributed by atoms with E-state index in [-0.39, 0.29) is 5.91 Å². The number of aliphatic imine (C=N–C) groups is 1. The van der Waals surface area contributed by atoms with Crippen LogP contribution in [0.4, 0.5) is 0 Å². The minimum Gasteiger partial charge on any atom is -0.274 e. The molecule has 0 N–H and O–H groups in total. The van der Waals surface area contributed by atoms with E-state index in [1.165, 1.54) is 12.2 Å². The highest BCUT2D eigenvalue weighted by Crippen LogP contribution is 2.14. The van der Waals surface area contributed by atoms with E-state index in [4.69, 9.17) is 9.83 Å². The summed E-state index contributed by atoms with van der Waals surface area (Å²) in [7, 11) is 3.04. The lowest BCUT2D eigenvalue weighted by molar-refractivity contribution is -0.169. The molecule has 1 atom stereocenters. The molecule has 2 aromatic carbocycles. The topological polar surface area (TPSA) is 41.9 Å². The zero-order valence-electron chi connectivity index (χ0n) is 14.1. The van der Waals surface area contributed by atoms with Crippen LogP contribution in [-0.2, 0) is 9.63 Å². The van der Waals surface area contributed by atoms with Gasteiger partial charge >= 0.3 is 0 Å². The van der Waals surface area contributed by atoms with E-state index in [0.717, 1.165) is 16.8 Å². The first-order valence-corrected chi connectivity index (χ1v) is 7.78. The number of carbonyl (C=O) groups excluding carboxylic acids is 1. The van der Waals surface area contributed by atoms with Crippen molar-refractivity contribution in [2.75, 3.05) is 14.2 Å². The van der Waals surface area contributed by atoms with Crippen LogP contribution in [0.15, 0.2) is 78.3 Å². The van der Waals surface area contributed by atoms with Gasteiger partial charge < -0.3 is 0 Å². The zero-order valence-corrected chi connectivity index (χ0v) is 14.1. The molecule has 0 aromatic heterocycles. The van der Waals surface area contributed by atoms with Crippen LogP contribution >= 0.6 is 0 Å². The number of likely N-dealkylation sites (N-methyl/N-ethyl adjacent to an activating group) is 1. The van der Waals surface area contributed by atoms with E-state index >= 15 is 0 Å². The van der Waals surface area contributed by atoms with Gasteiger partial charge in [0.1, 0.15) is 6.04 Å². The molecule has 0 saturated carbocycles. The largest absolute Gasteiger partial charge is 0.274 e. The standard InChI is InChI=1S/C20H22N2O2/c1-4-11-18(20(23)22(2)24-3)21-19(16-12-7-5-8-13-16)17-14-9-6-10-15-17/h4-10,12-15,18H,1,11H2,2-3H3/t18-/m1/s1. The normalized spacial score (nSPS) is 11.4.